The van der Waals surface area contributed by atoms with E-state index in [1.54, 1.807) is 0 Å². The van der Waals surface area contributed by atoms with Gasteiger partial charge in [-0.2, -0.15) is 0 Å². The Kier molecular flexibility index (Phi) is 3.58. The lowest BCUT2D eigenvalue weighted by Gasteiger charge is -2.59. The molecule has 0 aromatic carbocycles. The molecule has 0 amide bonds. The molecular weight excluding hydrogens is 287 g/mol. The lowest BCUT2D eigenvalue weighted by Crippen LogP contribution is -2.59. The summed E-state index contributed by atoms with van der Waals surface area (Å²) in [5, 5.41) is 0. The number of alkyl halides is 2. The molecule has 114 valence electrons. The van der Waals surface area contributed by atoms with Crippen LogP contribution in [0.3, 0.4) is 0 Å². The molecule has 0 spiro atoms. The highest BCUT2D eigenvalue weighted by Crippen LogP contribution is 2.63. The maximum Gasteiger partial charge on any atom is 0.0643 e. The molecule has 4 rings (SSSR count). The minimum atomic E-state index is -0.0778. The SMILES string of the molecule is ClC12CC3CCCCC3CC1(Cl)CC1CCCCC1C2. The maximum atomic E-state index is 7.23. The third kappa shape index (κ3) is 2.16. The average molecular weight is 315 g/mol. The Morgan fingerprint density at radius 1 is 0.500 bits per heavy atom. The molecule has 2 heteroatoms. The monoisotopic (exact) mass is 314 g/mol. The summed E-state index contributed by atoms with van der Waals surface area (Å²) in [5.41, 5.74) is 0. The van der Waals surface area contributed by atoms with Gasteiger partial charge in [-0.3, -0.25) is 0 Å². The van der Waals surface area contributed by atoms with Crippen LogP contribution in [0.5, 0.6) is 0 Å². The molecule has 20 heavy (non-hydrogen) atoms. The van der Waals surface area contributed by atoms with Gasteiger partial charge in [-0.05, 0) is 49.4 Å². The zero-order valence-corrected chi connectivity index (χ0v) is 14.1. The Hall–Kier alpha value is 0.580. The van der Waals surface area contributed by atoms with E-state index in [1.807, 2.05) is 0 Å². The molecule has 4 aliphatic rings. The van der Waals surface area contributed by atoms with E-state index in [4.69, 9.17) is 23.2 Å². The zero-order valence-electron chi connectivity index (χ0n) is 12.6. The fourth-order valence-corrected chi connectivity index (χ4v) is 7.31. The summed E-state index contributed by atoms with van der Waals surface area (Å²) in [6, 6.07) is 0. The molecule has 0 saturated heterocycles. The van der Waals surface area contributed by atoms with Crippen LogP contribution in [-0.2, 0) is 0 Å². The summed E-state index contributed by atoms with van der Waals surface area (Å²) in [4.78, 5) is -0.156. The van der Waals surface area contributed by atoms with Gasteiger partial charge in [0.25, 0.3) is 0 Å². The van der Waals surface area contributed by atoms with Crippen molar-refractivity contribution < 1.29 is 0 Å². The van der Waals surface area contributed by atoms with E-state index in [2.05, 4.69) is 0 Å². The van der Waals surface area contributed by atoms with Gasteiger partial charge in [0.05, 0.1) is 9.75 Å². The van der Waals surface area contributed by atoms with Gasteiger partial charge >= 0.3 is 0 Å². The number of hydrogen-bond acceptors (Lipinski definition) is 0. The van der Waals surface area contributed by atoms with Crippen molar-refractivity contribution >= 4 is 23.2 Å². The fourth-order valence-electron chi connectivity index (χ4n) is 6.20. The first-order chi connectivity index (χ1) is 9.60. The molecule has 0 radical (unpaired) electrons. The van der Waals surface area contributed by atoms with E-state index < -0.39 is 0 Å². The number of hydrogen-bond donors (Lipinski definition) is 0. The highest BCUT2D eigenvalue weighted by atomic mass is 35.5. The molecule has 4 atom stereocenters. The largest absolute Gasteiger partial charge is 0.117 e. The topological polar surface area (TPSA) is 0 Å². The third-order valence-corrected chi connectivity index (χ3v) is 8.72. The van der Waals surface area contributed by atoms with E-state index in [1.165, 1.54) is 77.0 Å². The van der Waals surface area contributed by atoms with Gasteiger partial charge in [0.15, 0.2) is 0 Å². The van der Waals surface area contributed by atoms with E-state index in [-0.39, 0.29) is 9.75 Å². The van der Waals surface area contributed by atoms with Crippen LogP contribution in [0.15, 0.2) is 0 Å². The molecule has 0 nitrogen and oxygen atoms in total. The van der Waals surface area contributed by atoms with Crippen molar-refractivity contribution in [1.82, 2.24) is 0 Å². The second-order valence-electron chi connectivity index (χ2n) is 8.36. The van der Waals surface area contributed by atoms with Gasteiger partial charge in [-0.25, -0.2) is 0 Å². The van der Waals surface area contributed by atoms with Crippen LogP contribution >= 0.6 is 23.2 Å². The summed E-state index contributed by atoms with van der Waals surface area (Å²) >= 11 is 14.5. The normalized spacial score (nSPS) is 55.5. The summed E-state index contributed by atoms with van der Waals surface area (Å²) < 4.78 is 0. The number of rotatable bonds is 0. The molecule has 0 heterocycles. The van der Waals surface area contributed by atoms with Gasteiger partial charge < -0.3 is 0 Å². The van der Waals surface area contributed by atoms with E-state index in [0.29, 0.717) is 0 Å². The van der Waals surface area contributed by atoms with Crippen LogP contribution in [0.4, 0.5) is 0 Å². The van der Waals surface area contributed by atoms with Crippen molar-refractivity contribution in [3.05, 3.63) is 0 Å². The molecular formula is C18H28Cl2. The summed E-state index contributed by atoms with van der Waals surface area (Å²) in [6.45, 7) is 0. The van der Waals surface area contributed by atoms with Gasteiger partial charge in [-0.15, -0.1) is 23.2 Å². The zero-order chi connectivity index (χ0) is 13.8. The van der Waals surface area contributed by atoms with Gasteiger partial charge in [0, 0.05) is 0 Å². The number of fused-ring (bicyclic) bond motifs is 3. The first kappa shape index (κ1) is 14.2. The Labute approximate surface area is 134 Å². The first-order valence-corrected chi connectivity index (χ1v) is 9.73. The summed E-state index contributed by atoms with van der Waals surface area (Å²) in [7, 11) is 0. The molecule has 4 saturated carbocycles. The molecule has 0 N–H and O–H groups in total. The second-order valence-corrected chi connectivity index (χ2v) is 9.80. The van der Waals surface area contributed by atoms with Crippen molar-refractivity contribution in [2.24, 2.45) is 23.7 Å². The molecule has 4 aliphatic carbocycles. The average Bonchev–Trinajstić information content (AvgIpc) is 2.42. The standard InChI is InChI=1S/C18H28Cl2/c19-17-9-13-5-1-2-6-14(13)10-18(17,20)12-16-8-4-3-7-15(16)11-17/h13-16H,1-12H2. The molecule has 4 unspecified atom stereocenters. The smallest absolute Gasteiger partial charge is 0.0643 e. The van der Waals surface area contributed by atoms with Crippen LogP contribution in [0, 0.1) is 23.7 Å². The Balaban J connectivity index is 1.60. The second kappa shape index (κ2) is 5.05. The predicted molar refractivity (Wildman–Crippen MR) is 86.5 cm³/mol. The highest BCUT2D eigenvalue weighted by Gasteiger charge is 2.60. The first-order valence-electron chi connectivity index (χ1n) is 8.97. The van der Waals surface area contributed by atoms with Crippen molar-refractivity contribution in [3.63, 3.8) is 0 Å². The molecule has 0 aromatic heterocycles. The van der Waals surface area contributed by atoms with Gasteiger partial charge in [0.2, 0.25) is 0 Å². The minimum absolute atomic E-state index is 0.0778. The maximum absolute atomic E-state index is 7.23. The van der Waals surface area contributed by atoms with Crippen LogP contribution in [0.1, 0.15) is 77.0 Å². The van der Waals surface area contributed by atoms with E-state index in [0.717, 1.165) is 23.7 Å². The van der Waals surface area contributed by atoms with Crippen LogP contribution < -0.4 is 0 Å². The van der Waals surface area contributed by atoms with Crippen molar-refractivity contribution in [3.8, 4) is 0 Å². The Morgan fingerprint density at radius 2 is 0.750 bits per heavy atom. The van der Waals surface area contributed by atoms with Gasteiger partial charge in [0.1, 0.15) is 0 Å². The van der Waals surface area contributed by atoms with Crippen molar-refractivity contribution in [1.29, 1.82) is 0 Å². The van der Waals surface area contributed by atoms with Crippen molar-refractivity contribution in [2.45, 2.75) is 86.8 Å². The summed E-state index contributed by atoms with van der Waals surface area (Å²) in [5.74, 6) is 3.53. The lowest BCUT2D eigenvalue weighted by atomic mass is 9.54. The van der Waals surface area contributed by atoms with Crippen molar-refractivity contribution in [2.75, 3.05) is 0 Å². The van der Waals surface area contributed by atoms with Crippen LogP contribution in [0.2, 0.25) is 0 Å². The molecule has 0 bridgehead atoms. The summed E-state index contributed by atoms with van der Waals surface area (Å²) in [6.07, 6.45) is 16.2. The Bertz CT molecular complexity index is 314. The Morgan fingerprint density at radius 3 is 1.00 bits per heavy atom. The van der Waals surface area contributed by atoms with Gasteiger partial charge in [-0.1, -0.05) is 51.4 Å². The molecule has 0 aromatic rings. The van der Waals surface area contributed by atoms with Crippen LogP contribution in [-0.4, -0.2) is 9.75 Å². The van der Waals surface area contributed by atoms with E-state index in [9.17, 15) is 0 Å². The number of halogens is 2. The predicted octanol–water partition coefficient (Wildman–Crippen LogP) is 6.14. The third-order valence-electron chi connectivity index (χ3n) is 7.28. The lowest BCUT2D eigenvalue weighted by molar-refractivity contribution is 0.0271. The van der Waals surface area contributed by atoms with E-state index >= 15 is 0 Å². The highest BCUT2D eigenvalue weighted by molar-refractivity contribution is 6.35. The molecule has 4 fully saturated rings. The minimum Gasteiger partial charge on any atom is -0.117 e. The molecule has 0 aliphatic heterocycles. The van der Waals surface area contributed by atoms with Crippen LogP contribution in [0.25, 0.3) is 0 Å². The fraction of sp³-hybridized carbons (Fsp3) is 1.00. The quantitative estimate of drug-likeness (QED) is 0.471.